The van der Waals surface area contributed by atoms with Gasteiger partial charge in [-0.3, -0.25) is 9.67 Å². The molecule has 4 heteroatoms. The van der Waals surface area contributed by atoms with E-state index in [1.807, 2.05) is 38.8 Å². The molecular formula is C11H14N4. The van der Waals surface area contributed by atoms with Gasteiger partial charge in [-0.15, -0.1) is 0 Å². The molecule has 2 rings (SSSR count). The smallest absolute Gasteiger partial charge is 0.0729 e. The molecule has 0 fully saturated rings. The number of hydrogen-bond donors (Lipinski definition) is 1. The Labute approximate surface area is 89.0 Å². The molecule has 1 N–H and O–H groups in total. The molecule has 2 aromatic rings. The van der Waals surface area contributed by atoms with E-state index in [0.717, 1.165) is 12.2 Å². The van der Waals surface area contributed by atoms with Gasteiger partial charge < -0.3 is 5.32 Å². The summed E-state index contributed by atoms with van der Waals surface area (Å²) in [6, 6.07) is 2.12. The average molecular weight is 202 g/mol. The van der Waals surface area contributed by atoms with Crippen molar-refractivity contribution >= 4 is 5.69 Å². The lowest BCUT2D eigenvalue weighted by atomic mass is 10.2. The summed E-state index contributed by atoms with van der Waals surface area (Å²) in [6.07, 6.45) is 7.48. The maximum absolute atomic E-state index is 4.14. The number of aromatic nitrogens is 3. The van der Waals surface area contributed by atoms with Gasteiger partial charge in [-0.1, -0.05) is 6.07 Å². The van der Waals surface area contributed by atoms with Crippen LogP contribution >= 0.6 is 0 Å². The first-order chi connectivity index (χ1) is 7.24. The van der Waals surface area contributed by atoms with Crippen molar-refractivity contribution in [1.82, 2.24) is 14.8 Å². The van der Waals surface area contributed by atoms with Crippen molar-refractivity contribution in [3.05, 3.63) is 42.0 Å². The van der Waals surface area contributed by atoms with Gasteiger partial charge in [0, 0.05) is 32.2 Å². The molecule has 0 aliphatic rings. The summed E-state index contributed by atoms with van der Waals surface area (Å²) in [5, 5.41) is 7.37. The van der Waals surface area contributed by atoms with Gasteiger partial charge in [0.25, 0.3) is 0 Å². The standard InChI is InChI=1S/C11H14N4/c1-9-3-10(5-12-4-9)6-13-11-7-14-15(2)8-11/h3-5,7-8,13H,6H2,1-2H3. The third-order valence-corrected chi connectivity index (χ3v) is 2.13. The van der Waals surface area contributed by atoms with Gasteiger partial charge in [-0.2, -0.15) is 5.10 Å². The van der Waals surface area contributed by atoms with E-state index in [4.69, 9.17) is 0 Å². The molecule has 78 valence electrons. The summed E-state index contributed by atoms with van der Waals surface area (Å²) in [5.74, 6) is 0. The molecule has 4 nitrogen and oxygen atoms in total. The van der Waals surface area contributed by atoms with Crippen LogP contribution < -0.4 is 5.32 Å². The Hall–Kier alpha value is -1.84. The van der Waals surface area contributed by atoms with Crippen LogP contribution in [-0.4, -0.2) is 14.8 Å². The Morgan fingerprint density at radius 3 is 2.87 bits per heavy atom. The Balaban J connectivity index is 1.99. The van der Waals surface area contributed by atoms with Gasteiger partial charge in [0.15, 0.2) is 0 Å². The molecular weight excluding hydrogens is 188 g/mol. The summed E-state index contributed by atoms with van der Waals surface area (Å²) >= 11 is 0. The number of anilines is 1. The molecule has 0 saturated heterocycles. The van der Waals surface area contributed by atoms with Gasteiger partial charge in [-0.05, 0) is 18.1 Å². The summed E-state index contributed by atoms with van der Waals surface area (Å²) in [6.45, 7) is 2.82. The minimum atomic E-state index is 0.778. The zero-order valence-corrected chi connectivity index (χ0v) is 8.94. The van der Waals surface area contributed by atoms with E-state index in [1.54, 1.807) is 4.68 Å². The third kappa shape index (κ3) is 2.56. The number of nitrogens with one attached hydrogen (secondary N) is 1. The predicted octanol–water partition coefficient (Wildman–Crippen LogP) is 1.74. The highest BCUT2D eigenvalue weighted by molar-refractivity contribution is 5.39. The van der Waals surface area contributed by atoms with Crippen LogP contribution in [0.15, 0.2) is 30.9 Å². The second kappa shape index (κ2) is 4.13. The lowest BCUT2D eigenvalue weighted by Crippen LogP contribution is -1.99. The lowest BCUT2D eigenvalue weighted by Gasteiger charge is -2.03. The molecule has 0 amide bonds. The zero-order valence-electron chi connectivity index (χ0n) is 8.94. The molecule has 0 spiro atoms. The van der Waals surface area contributed by atoms with E-state index in [0.29, 0.717) is 0 Å². The molecule has 0 bridgehead atoms. The largest absolute Gasteiger partial charge is 0.378 e. The van der Waals surface area contributed by atoms with E-state index in [2.05, 4.69) is 21.5 Å². The number of rotatable bonds is 3. The first-order valence-corrected chi connectivity index (χ1v) is 4.87. The normalized spacial score (nSPS) is 10.3. The monoisotopic (exact) mass is 202 g/mol. The quantitative estimate of drug-likeness (QED) is 0.824. The van der Waals surface area contributed by atoms with E-state index in [-0.39, 0.29) is 0 Å². The lowest BCUT2D eigenvalue weighted by molar-refractivity contribution is 0.768. The zero-order chi connectivity index (χ0) is 10.7. The van der Waals surface area contributed by atoms with Gasteiger partial charge >= 0.3 is 0 Å². The van der Waals surface area contributed by atoms with E-state index in [1.165, 1.54) is 11.1 Å². The third-order valence-electron chi connectivity index (χ3n) is 2.13. The number of aryl methyl sites for hydroxylation is 2. The molecule has 2 aromatic heterocycles. The molecule has 0 aromatic carbocycles. The highest BCUT2D eigenvalue weighted by atomic mass is 15.3. The maximum Gasteiger partial charge on any atom is 0.0729 e. The van der Waals surface area contributed by atoms with Crippen molar-refractivity contribution in [2.45, 2.75) is 13.5 Å². The minimum Gasteiger partial charge on any atom is -0.378 e. The minimum absolute atomic E-state index is 0.778. The molecule has 0 aliphatic heterocycles. The van der Waals surface area contributed by atoms with Crippen molar-refractivity contribution in [3.8, 4) is 0 Å². The van der Waals surface area contributed by atoms with Crippen LogP contribution in [0.25, 0.3) is 0 Å². The Morgan fingerprint density at radius 1 is 1.33 bits per heavy atom. The number of pyridine rings is 1. The van der Waals surface area contributed by atoms with Crippen LogP contribution in [0.5, 0.6) is 0 Å². The van der Waals surface area contributed by atoms with Crippen LogP contribution in [-0.2, 0) is 13.6 Å². The molecule has 0 aliphatic carbocycles. The summed E-state index contributed by atoms with van der Waals surface area (Å²) in [7, 11) is 1.90. The predicted molar refractivity (Wildman–Crippen MR) is 59.5 cm³/mol. The second-order valence-corrected chi connectivity index (χ2v) is 3.63. The van der Waals surface area contributed by atoms with Crippen LogP contribution in [0.1, 0.15) is 11.1 Å². The fourth-order valence-corrected chi connectivity index (χ4v) is 1.43. The average Bonchev–Trinajstić information content (AvgIpc) is 2.62. The van der Waals surface area contributed by atoms with Gasteiger partial charge in [-0.25, -0.2) is 0 Å². The van der Waals surface area contributed by atoms with Crippen LogP contribution in [0.2, 0.25) is 0 Å². The summed E-state index contributed by atoms with van der Waals surface area (Å²) in [5.41, 5.74) is 3.39. The maximum atomic E-state index is 4.14. The molecule has 2 heterocycles. The summed E-state index contributed by atoms with van der Waals surface area (Å²) < 4.78 is 1.77. The molecule has 0 saturated carbocycles. The van der Waals surface area contributed by atoms with Gasteiger partial charge in [0.05, 0.1) is 11.9 Å². The number of nitrogens with zero attached hydrogens (tertiary/aromatic N) is 3. The highest BCUT2D eigenvalue weighted by Crippen LogP contribution is 2.07. The Bertz CT molecular complexity index is 447. The van der Waals surface area contributed by atoms with E-state index in [9.17, 15) is 0 Å². The van der Waals surface area contributed by atoms with Crippen LogP contribution in [0.4, 0.5) is 5.69 Å². The first kappa shape index (κ1) is 9.71. The fourth-order valence-electron chi connectivity index (χ4n) is 1.43. The second-order valence-electron chi connectivity index (χ2n) is 3.63. The molecule has 0 radical (unpaired) electrons. The topological polar surface area (TPSA) is 42.7 Å². The van der Waals surface area contributed by atoms with Gasteiger partial charge in [0.2, 0.25) is 0 Å². The van der Waals surface area contributed by atoms with Crippen LogP contribution in [0.3, 0.4) is 0 Å². The SMILES string of the molecule is Cc1cncc(CNc2cnn(C)c2)c1. The molecule has 15 heavy (non-hydrogen) atoms. The Morgan fingerprint density at radius 2 is 2.20 bits per heavy atom. The molecule has 0 unspecified atom stereocenters. The van der Waals surface area contributed by atoms with Crippen molar-refractivity contribution in [2.24, 2.45) is 7.05 Å². The van der Waals surface area contributed by atoms with Crippen LogP contribution in [0, 0.1) is 6.92 Å². The van der Waals surface area contributed by atoms with Crippen molar-refractivity contribution in [2.75, 3.05) is 5.32 Å². The Kier molecular flexibility index (Phi) is 2.67. The van der Waals surface area contributed by atoms with Crippen molar-refractivity contribution in [1.29, 1.82) is 0 Å². The van der Waals surface area contributed by atoms with Gasteiger partial charge in [0.1, 0.15) is 0 Å². The number of hydrogen-bond acceptors (Lipinski definition) is 3. The summed E-state index contributed by atoms with van der Waals surface area (Å²) in [4.78, 5) is 4.14. The van der Waals surface area contributed by atoms with E-state index < -0.39 is 0 Å². The fraction of sp³-hybridized carbons (Fsp3) is 0.273. The highest BCUT2D eigenvalue weighted by Gasteiger charge is 1.96. The first-order valence-electron chi connectivity index (χ1n) is 4.87. The van der Waals surface area contributed by atoms with Crippen molar-refractivity contribution < 1.29 is 0 Å². The van der Waals surface area contributed by atoms with Crippen molar-refractivity contribution in [3.63, 3.8) is 0 Å². The molecule has 0 atom stereocenters. The van der Waals surface area contributed by atoms with E-state index >= 15 is 0 Å².